The van der Waals surface area contributed by atoms with Crippen LogP contribution in [0.25, 0.3) is 0 Å². The number of esters is 2. The zero-order valence-electron chi connectivity index (χ0n) is 19.8. The second-order valence-electron chi connectivity index (χ2n) is 10.5. The van der Waals surface area contributed by atoms with Crippen LogP contribution in [-0.2, 0) is 19.1 Å². The molecule has 5 nitrogen and oxygen atoms in total. The van der Waals surface area contributed by atoms with Gasteiger partial charge in [0.15, 0.2) is 0 Å². The van der Waals surface area contributed by atoms with E-state index in [1.807, 2.05) is 26.0 Å². The summed E-state index contributed by atoms with van der Waals surface area (Å²) in [5.74, 6) is -1.44. The molecule has 0 amide bonds. The quantitative estimate of drug-likeness (QED) is 0.418. The molecule has 0 radical (unpaired) electrons. The Kier molecular flexibility index (Phi) is 8.00. The van der Waals surface area contributed by atoms with E-state index in [4.69, 9.17) is 21.1 Å². The largest absolute Gasteiger partial charge is 0.466 e. The monoisotopic (exact) mass is 479 g/mol. The Labute approximate surface area is 192 Å². The molecule has 0 saturated heterocycles. The number of hydrogen-bond acceptors (Lipinski definition) is 5. The Morgan fingerprint density at radius 3 is 1.74 bits per heavy atom. The first-order valence-corrected chi connectivity index (χ1v) is 18.3. The second-order valence-corrected chi connectivity index (χ2v) is 21.7. The highest BCUT2D eigenvalue weighted by Crippen LogP contribution is 2.40. The molecule has 0 atom stereocenters. The first-order chi connectivity index (χ1) is 14.2. The molecule has 0 saturated carbocycles. The maximum Gasteiger partial charge on any atom is 0.336 e. The van der Waals surface area contributed by atoms with Crippen molar-refractivity contribution in [2.24, 2.45) is 0 Å². The first kappa shape index (κ1) is 25.4. The summed E-state index contributed by atoms with van der Waals surface area (Å²) >= 11 is 6.26. The summed E-state index contributed by atoms with van der Waals surface area (Å²) in [5.41, 5.74) is 2.94. The third-order valence-corrected chi connectivity index (χ3v) is 6.91. The number of halogens is 1. The highest BCUT2D eigenvalue weighted by atomic mass is 35.5. The number of dihydropyridines is 1. The van der Waals surface area contributed by atoms with E-state index in [9.17, 15) is 9.59 Å². The fraction of sp³-hybridized carbons (Fsp3) is 0.478. The minimum absolute atomic E-state index is 0.406. The predicted octanol–water partition coefficient (Wildman–Crippen LogP) is 5.42. The maximum absolute atomic E-state index is 13.2. The van der Waals surface area contributed by atoms with Crippen LogP contribution in [0.5, 0.6) is 0 Å². The van der Waals surface area contributed by atoms with Gasteiger partial charge in [-0.15, -0.1) is 0 Å². The number of benzene rings is 1. The van der Waals surface area contributed by atoms with Crippen molar-refractivity contribution in [1.29, 1.82) is 0 Å². The highest BCUT2D eigenvalue weighted by Gasteiger charge is 2.38. The number of nitrogens with one attached hydrogen (secondary N) is 1. The summed E-state index contributed by atoms with van der Waals surface area (Å²) in [6, 6.07) is 7.25. The Bertz CT molecular complexity index is 874. The van der Waals surface area contributed by atoms with E-state index >= 15 is 0 Å². The third kappa shape index (κ3) is 7.09. The lowest BCUT2D eigenvalue weighted by Crippen LogP contribution is -2.36. The number of rotatable bonds is 7. The van der Waals surface area contributed by atoms with Gasteiger partial charge in [-0.1, -0.05) is 63.0 Å². The lowest BCUT2D eigenvalue weighted by Gasteiger charge is -2.31. The SMILES string of the molecule is CC1=C(C(=O)OC[Si](C)(C)C)C(c2cccc(Cl)c2)C(C(=O)OC[Si](C)(C)C)=C(C)N1. The summed E-state index contributed by atoms with van der Waals surface area (Å²) < 4.78 is 11.4. The van der Waals surface area contributed by atoms with Gasteiger partial charge < -0.3 is 14.8 Å². The number of allylic oxidation sites excluding steroid dienone is 2. The molecule has 170 valence electrons. The lowest BCUT2D eigenvalue weighted by atomic mass is 9.80. The topological polar surface area (TPSA) is 64.6 Å². The number of carbonyl (C=O) groups is 2. The zero-order valence-corrected chi connectivity index (χ0v) is 22.6. The zero-order chi connectivity index (χ0) is 23.6. The Morgan fingerprint density at radius 2 is 1.35 bits per heavy atom. The van der Waals surface area contributed by atoms with Crippen LogP contribution < -0.4 is 5.32 Å². The van der Waals surface area contributed by atoms with Gasteiger partial charge in [-0.25, -0.2) is 9.59 Å². The van der Waals surface area contributed by atoms with Gasteiger partial charge >= 0.3 is 11.9 Å². The van der Waals surface area contributed by atoms with Crippen molar-refractivity contribution in [3.05, 3.63) is 57.4 Å². The van der Waals surface area contributed by atoms with Crippen molar-refractivity contribution in [2.45, 2.75) is 59.0 Å². The van der Waals surface area contributed by atoms with Gasteiger partial charge in [0, 0.05) is 16.4 Å². The van der Waals surface area contributed by atoms with Crippen LogP contribution in [0.15, 0.2) is 46.8 Å². The fourth-order valence-corrected chi connectivity index (χ4v) is 4.60. The van der Waals surface area contributed by atoms with Crippen LogP contribution in [0.3, 0.4) is 0 Å². The van der Waals surface area contributed by atoms with E-state index < -0.39 is 34.0 Å². The highest BCUT2D eigenvalue weighted by molar-refractivity contribution is 6.76. The first-order valence-electron chi connectivity index (χ1n) is 10.5. The minimum Gasteiger partial charge on any atom is -0.466 e. The molecule has 31 heavy (non-hydrogen) atoms. The number of hydrogen-bond donors (Lipinski definition) is 1. The molecule has 1 aliphatic heterocycles. The molecule has 1 aliphatic rings. The van der Waals surface area contributed by atoms with E-state index in [0.717, 1.165) is 5.56 Å². The third-order valence-electron chi connectivity index (χ3n) is 4.65. The van der Waals surface area contributed by atoms with Crippen molar-refractivity contribution >= 4 is 39.7 Å². The number of ether oxygens (including phenoxy) is 2. The molecule has 1 heterocycles. The van der Waals surface area contributed by atoms with Gasteiger partial charge in [0.1, 0.15) is 0 Å². The van der Waals surface area contributed by atoms with Crippen molar-refractivity contribution in [2.75, 3.05) is 12.5 Å². The molecule has 0 bridgehead atoms. The van der Waals surface area contributed by atoms with Crippen molar-refractivity contribution in [3.63, 3.8) is 0 Å². The Hall–Kier alpha value is -1.84. The fourth-order valence-electron chi connectivity index (χ4n) is 3.27. The van der Waals surface area contributed by atoms with Gasteiger partial charge in [-0.05, 0) is 31.5 Å². The standard InChI is InChI=1S/C23H34ClNO4Si2/c1-15-19(22(26)28-13-30(3,4)5)21(17-10-9-11-18(24)12-17)20(16(2)25-15)23(27)29-14-31(6,7)8/h9-12,21,25H,13-14H2,1-8H3. The van der Waals surface area contributed by atoms with Crippen LogP contribution in [0.1, 0.15) is 25.3 Å². The molecule has 1 aromatic rings. The van der Waals surface area contributed by atoms with Crippen LogP contribution in [0.2, 0.25) is 44.3 Å². The second kappa shape index (κ2) is 9.75. The molecule has 0 aromatic heterocycles. The minimum atomic E-state index is -1.61. The molecule has 0 aliphatic carbocycles. The Balaban J connectivity index is 2.52. The van der Waals surface area contributed by atoms with Gasteiger partial charge in [-0.3, -0.25) is 0 Å². The van der Waals surface area contributed by atoms with Crippen LogP contribution in [-0.4, -0.2) is 40.5 Å². The average molecular weight is 480 g/mol. The van der Waals surface area contributed by atoms with Gasteiger partial charge in [-0.2, -0.15) is 0 Å². The molecule has 1 aromatic carbocycles. The molecule has 0 fully saturated rings. The molecular weight excluding hydrogens is 446 g/mol. The summed E-state index contributed by atoms with van der Waals surface area (Å²) in [7, 11) is -3.22. The molecule has 8 heteroatoms. The van der Waals surface area contributed by atoms with E-state index in [2.05, 4.69) is 44.6 Å². The molecule has 0 unspecified atom stereocenters. The molecule has 1 N–H and O–H groups in total. The van der Waals surface area contributed by atoms with E-state index in [-0.39, 0.29) is 0 Å². The summed E-state index contributed by atoms with van der Waals surface area (Å²) in [6.45, 7) is 16.5. The van der Waals surface area contributed by atoms with E-state index in [0.29, 0.717) is 40.0 Å². The summed E-state index contributed by atoms with van der Waals surface area (Å²) in [5, 5.41) is 3.74. The van der Waals surface area contributed by atoms with Crippen LogP contribution >= 0.6 is 11.6 Å². The molecular formula is C23H34ClNO4Si2. The number of carbonyl (C=O) groups excluding carboxylic acids is 2. The van der Waals surface area contributed by atoms with Gasteiger partial charge in [0.05, 0.1) is 45.7 Å². The summed E-state index contributed by atoms with van der Waals surface area (Å²) in [4.78, 5) is 26.4. The summed E-state index contributed by atoms with van der Waals surface area (Å²) in [6.07, 6.45) is 0.811. The van der Waals surface area contributed by atoms with Crippen LogP contribution in [0, 0.1) is 0 Å². The van der Waals surface area contributed by atoms with E-state index in [1.54, 1.807) is 12.1 Å². The smallest absolute Gasteiger partial charge is 0.336 e. The van der Waals surface area contributed by atoms with Crippen molar-refractivity contribution in [3.8, 4) is 0 Å². The average Bonchev–Trinajstić information content (AvgIpc) is 2.62. The molecule has 0 spiro atoms. The van der Waals surface area contributed by atoms with Gasteiger partial charge in [0.25, 0.3) is 0 Å². The predicted molar refractivity (Wildman–Crippen MR) is 131 cm³/mol. The van der Waals surface area contributed by atoms with Crippen molar-refractivity contribution < 1.29 is 19.1 Å². The normalized spacial score (nSPS) is 15.6. The van der Waals surface area contributed by atoms with Crippen molar-refractivity contribution in [1.82, 2.24) is 5.32 Å². The van der Waals surface area contributed by atoms with E-state index in [1.165, 1.54) is 0 Å². The Morgan fingerprint density at radius 1 is 0.903 bits per heavy atom. The lowest BCUT2D eigenvalue weighted by molar-refractivity contribution is -0.138. The van der Waals surface area contributed by atoms with Crippen LogP contribution in [0.4, 0.5) is 0 Å². The van der Waals surface area contributed by atoms with Gasteiger partial charge in [0.2, 0.25) is 0 Å². The maximum atomic E-state index is 13.2. The molecule has 2 rings (SSSR count).